The maximum atomic E-state index is 11.5. The number of nitrogens with zero attached hydrogens (tertiary/aromatic N) is 1. The predicted octanol–water partition coefficient (Wildman–Crippen LogP) is 3.82. The minimum absolute atomic E-state index is 0.0878. The number of aromatic nitrogens is 1. The molecule has 2 aromatic carbocycles. The summed E-state index contributed by atoms with van der Waals surface area (Å²) in [4.78, 5) is 15.2. The molecule has 140 valence electrons. The fourth-order valence-electron chi connectivity index (χ4n) is 2.68. The van der Waals surface area contributed by atoms with Gasteiger partial charge in [0.05, 0.1) is 4.90 Å². The molecule has 0 aliphatic rings. The number of rotatable bonds is 7. The van der Waals surface area contributed by atoms with Gasteiger partial charge in [0.15, 0.2) is 15.7 Å². The van der Waals surface area contributed by atoms with E-state index in [1.807, 2.05) is 24.3 Å². The fourth-order valence-corrected chi connectivity index (χ4v) is 3.31. The molecule has 7 heteroatoms. The van der Waals surface area contributed by atoms with Gasteiger partial charge in [-0.25, -0.2) is 13.4 Å². The van der Waals surface area contributed by atoms with E-state index in [0.29, 0.717) is 29.3 Å². The van der Waals surface area contributed by atoms with Crippen LogP contribution >= 0.6 is 0 Å². The smallest absolute Gasteiger partial charge is 0.303 e. The first-order chi connectivity index (χ1) is 12.8. The topological polar surface area (TPSA) is 97.5 Å². The van der Waals surface area contributed by atoms with Crippen LogP contribution in [0.15, 0.2) is 64.1 Å². The number of carbonyl (C=O) groups is 1. The van der Waals surface area contributed by atoms with E-state index in [4.69, 9.17) is 9.52 Å². The highest BCUT2D eigenvalue weighted by molar-refractivity contribution is 7.90. The number of carboxylic acid groups (broad SMARTS) is 1. The van der Waals surface area contributed by atoms with Gasteiger partial charge in [-0.1, -0.05) is 36.4 Å². The molecule has 1 N–H and O–H groups in total. The van der Waals surface area contributed by atoms with Crippen LogP contribution in [0.25, 0.3) is 22.4 Å². The summed E-state index contributed by atoms with van der Waals surface area (Å²) >= 11 is 0. The van der Waals surface area contributed by atoms with E-state index in [-0.39, 0.29) is 6.42 Å². The van der Waals surface area contributed by atoms with Gasteiger partial charge in [0.1, 0.15) is 12.0 Å². The summed E-state index contributed by atoms with van der Waals surface area (Å²) in [6.07, 6.45) is 3.80. The third-order valence-corrected chi connectivity index (χ3v) is 5.26. The number of aliphatic carboxylic acids is 1. The van der Waals surface area contributed by atoms with Crippen LogP contribution in [0.2, 0.25) is 0 Å². The van der Waals surface area contributed by atoms with Crippen molar-refractivity contribution in [3.63, 3.8) is 0 Å². The molecule has 0 saturated carbocycles. The molecule has 1 aromatic heterocycles. The first-order valence-electron chi connectivity index (χ1n) is 8.40. The van der Waals surface area contributed by atoms with E-state index in [2.05, 4.69) is 4.98 Å². The molecule has 27 heavy (non-hydrogen) atoms. The summed E-state index contributed by atoms with van der Waals surface area (Å²) in [5.41, 5.74) is 3.46. The van der Waals surface area contributed by atoms with E-state index in [9.17, 15) is 13.2 Å². The van der Waals surface area contributed by atoms with Crippen molar-refractivity contribution >= 4 is 15.8 Å². The number of aryl methyl sites for hydroxylation is 1. The van der Waals surface area contributed by atoms with Crippen molar-refractivity contribution in [3.8, 4) is 22.4 Å². The summed E-state index contributed by atoms with van der Waals surface area (Å²) in [6.45, 7) is 0. The zero-order chi connectivity index (χ0) is 19.4. The SMILES string of the molecule is CS(=O)(=O)c1ccc(-c2ccc(-c3coc(CCCC(=O)O)n3)cc2)cc1. The third kappa shape index (κ3) is 4.83. The monoisotopic (exact) mass is 385 g/mol. The minimum Gasteiger partial charge on any atom is -0.481 e. The van der Waals surface area contributed by atoms with Gasteiger partial charge in [-0.05, 0) is 29.7 Å². The van der Waals surface area contributed by atoms with Gasteiger partial charge in [-0.2, -0.15) is 0 Å². The lowest BCUT2D eigenvalue weighted by Crippen LogP contribution is -1.96. The molecular weight excluding hydrogens is 366 g/mol. The molecule has 0 aliphatic heterocycles. The molecule has 0 atom stereocenters. The van der Waals surface area contributed by atoms with Crippen molar-refractivity contribution < 1.29 is 22.7 Å². The Hall–Kier alpha value is -2.93. The Bertz CT molecular complexity index is 1030. The fraction of sp³-hybridized carbons (Fsp3) is 0.200. The molecular formula is C20H19NO5S. The van der Waals surface area contributed by atoms with Crippen molar-refractivity contribution in [1.82, 2.24) is 4.98 Å². The lowest BCUT2D eigenvalue weighted by Gasteiger charge is -2.04. The molecule has 1 heterocycles. The van der Waals surface area contributed by atoms with E-state index < -0.39 is 15.8 Å². The van der Waals surface area contributed by atoms with Crippen LogP contribution in [0.3, 0.4) is 0 Å². The second kappa shape index (κ2) is 7.75. The zero-order valence-corrected chi connectivity index (χ0v) is 15.6. The normalized spacial score (nSPS) is 11.4. The summed E-state index contributed by atoms with van der Waals surface area (Å²) in [6, 6.07) is 14.5. The maximum absolute atomic E-state index is 11.5. The maximum Gasteiger partial charge on any atom is 0.303 e. The van der Waals surface area contributed by atoms with Gasteiger partial charge >= 0.3 is 5.97 Å². The van der Waals surface area contributed by atoms with Crippen LogP contribution in [0.4, 0.5) is 0 Å². The summed E-state index contributed by atoms with van der Waals surface area (Å²) in [7, 11) is -3.21. The van der Waals surface area contributed by atoms with Gasteiger partial charge in [0, 0.05) is 24.7 Å². The molecule has 0 radical (unpaired) electrons. The molecule has 3 aromatic rings. The summed E-state index contributed by atoms with van der Waals surface area (Å²) in [5.74, 6) is -0.311. The Balaban J connectivity index is 1.72. The van der Waals surface area contributed by atoms with Gasteiger partial charge in [-0.15, -0.1) is 0 Å². The molecule has 3 rings (SSSR count). The van der Waals surface area contributed by atoms with Gasteiger partial charge in [0.25, 0.3) is 0 Å². The number of sulfone groups is 1. The quantitative estimate of drug-likeness (QED) is 0.664. The van der Waals surface area contributed by atoms with Crippen LogP contribution in [0.5, 0.6) is 0 Å². The molecule has 0 aliphatic carbocycles. The lowest BCUT2D eigenvalue weighted by atomic mass is 10.0. The molecule has 0 bridgehead atoms. The van der Waals surface area contributed by atoms with Crippen molar-refractivity contribution in [2.45, 2.75) is 24.2 Å². The highest BCUT2D eigenvalue weighted by atomic mass is 32.2. The Kier molecular flexibility index (Phi) is 5.41. The van der Waals surface area contributed by atoms with E-state index >= 15 is 0 Å². The highest BCUT2D eigenvalue weighted by Crippen LogP contribution is 2.25. The number of hydrogen-bond donors (Lipinski definition) is 1. The van der Waals surface area contributed by atoms with Crippen LogP contribution < -0.4 is 0 Å². The van der Waals surface area contributed by atoms with Gasteiger partial charge < -0.3 is 9.52 Å². The van der Waals surface area contributed by atoms with Gasteiger partial charge in [0.2, 0.25) is 0 Å². The van der Waals surface area contributed by atoms with Crippen molar-refractivity contribution in [2.24, 2.45) is 0 Å². The molecule has 0 fully saturated rings. The van der Waals surface area contributed by atoms with Crippen LogP contribution in [0.1, 0.15) is 18.7 Å². The van der Waals surface area contributed by atoms with Crippen LogP contribution in [0, 0.1) is 0 Å². The van der Waals surface area contributed by atoms with E-state index in [1.165, 1.54) is 6.26 Å². The number of benzene rings is 2. The Morgan fingerprint density at radius 1 is 1.00 bits per heavy atom. The predicted molar refractivity (Wildman–Crippen MR) is 101 cm³/mol. The van der Waals surface area contributed by atoms with E-state index in [0.717, 1.165) is 16.7 Å². The molecule has 0 spiro atoms. The van der Waals surface area contributed by atoms with E-state index in [1.54, 1.807) is 30.5 Å². The average Bonchev–Trinajstić information content (AvgIpc) is 3.10. The third-order valence-electron chi connectivity index (χ3n) is 4.13. The Morgan fingerprint density at radius 3 is 2.11 bits per heavy atom. The minimum atomic E-state index is -3.21. The summed E-state index contributed by atoms with van der Waals surface area (Å²) < 4.78 is 28.5. The first kappa shape index (κ1) is 18.8. The highest BCUT2D eigenvalue weighted by Gasteiger charge is 2.09. The Labute approximate surface area is 157 Å². The van der Waals surface area contributed by atoms with Crippen molar-refractivity contribution in [3.05, 3.63) is 60.7 Å². The van der Waals surface area contributed by atoms with Crippen LogP contribution in [-0.4, -0.2) is 30.7 Å². The molecule has 0 saturated heterocycles. The standard InChI is InChI=1S/C20H19NO5S/c1-27(24,25)17-11-9-15(10-12-17)14-5-7-16(8-6-14)18-13-26-19(21-18)3-2-4-20(22)23/h5-13H,2-4H2,1H3,(H,22,23). The van der Waals surface area contributed by atoms with Gasteiger partial charge in [-0.3, -0.25) is 4.79 Å². The molecule has 0 unspecified atom stereocenters. The molecule has 6 nitrogen and oxygen atoms in total. The molecule has 0 amide bonds. The van der Waals surface area contributed by atoms with Crippen LogP contribution in [-0.2, 0) is 21.1 Å². The summed E-state index contributed by atoms with van der Waals surface area (Å²) in [5, 5.41) is 8.67. The Morgan fingerprint density at radius 2 is 1.56 bits per heavy atom. The number of oxazole rings is 1. The second-order valence-corrected chi connectivity index (χ2v) is 8.26. The second-order valence-electron chi connectivity index (χ2n) is 6.25. The zero-order valence-electron chi connectivity index (χ0n) is 14.8. The lowest BCUT2D eigenvalue weighted by molar-refractivity contribution is -0.137. The first-order valence-corrected chi connectivity index (χ1v) is 10.3. The largest absolute Gasteiger partial charge is 0.481 e. The average molecular weight is 385 g/mol. The van der Waals surface area contributed by atoms with Crippen molar-refractivity contribution in [1.29, 1.82) is 0 Å². The number of hydrogen-bond acceptors (Lipinski definition) is 5. The van der Waals surface area contributed by atoms with Crippen molar-refractivity contribution in [2.75, 3.05) is 6.26 Å². The number of carboxylic acids is 1.